The van der Waals surface area contributed by atoms with E-state index in [9.17, 15) is 4.39 Å². The number of nitrogens with zero attached hydrogens (tertiary/aromatic N) is 1. The summed E-state index contributed by atoms with van der Waals surface area (Å²) in [6, 6.07) is 15.3. The molecule has 0 fully saturated rings. The molecule has 2 rings (SSSR count). The summed E-state index contributed by atoms with van der Waals surface area (Å²) in [6.45, 7) is 4.42. The summed E-state index contributed by atoms with van der Waals surface area (Å²) in [5, 5.41) is 3.26. The van der Waals surface area contributed by atoms with Crippen molar-refractivity contribution in [2.24, 2.45) is 0 Å². The number of rotatable bonds is 6. The Kier molecular flexibility index (Phi) is 5.13. The van der Waals surface area contributed by atoms with Gasteiger partial charge in [0, 0.05) is 25.8 Å². The molecule has 0 saturated heterocycles. The van der Waals surface area contributed by atoms with Gasteiger partial charge in [-0.3, -0.25) is 0 Å². The van der Waals surface area contributed by atoms with Crippen LogP contribution in [-0.4, -0.2) is 13.6 Å². The van der Waals surface area contributed by atoms with Crippen molar-refractivity contribution in [3.63, 3.8) is 0 Å². The van der Waals surface area contributed by atoms with Gasteiger partial charge in [0.1, 0.15) is 5.82 Å². The molecule has 20 heavy (non-hydrogen) atoms. The average molecular weight is 272 g/mol. The average Bonchev–Trinajstić information content (AvgIpc) is 2.46. The van der Waals surface area contributed by atoms with Gasteiger partial charge in [0.25, 0.3) is 0 Å². The normalized spacial score (nSPS) is 10.6. The fourth-order valence-corrected chi connectivity index (χ4v) is 2.27. The molecule has 0 amide bonds. The molecule has 0 radical (unpaired) electrons. The van der Waals surface area contributed by atoms with Gasteiger partial charge in [-0.1, -0.05) is 37.3 Å². The zero-order chi connectivity index (χ0) is 14.4. The van der Waals surface area contributed by atoms with Crippen molar-refractivity contribution in [2.75, 3.05) is 18.5 Å². The number of halogens is 1. The van der Waals surface area contributed by atoms with E-state index in [0.717, 1.165) is 24.3 Å². The lowest BCUT2D eigenvalue weighted by Crippen LogP contribution is -2.20. The van der Waals surface area contributed by atoms with Crippen LogP contribution in [0.1, 0.15) is 18.1 Å². The molecule has 1 N–H and O–H groups in total. The number of anilines is 1. The van der Waals surface area contributed by atoms with E-state index in [1.807, 2.05) is 38.2 Å². The van der Waals surface area contributed by atoms with Gasteiger partial charge in [-0.05, 0) is 35.9 Å². The first-order chi connectivity index (χ1) is 9.70. The molecule has 2 nitrogen and oxygen atoms in total. The third kappa shape index (κ3) is 3.81. The lowest BCUT2D eigenvalue weighted by atomic mass is 10.1. The van der Waals surface area contributed by atoms with Crippen LogP contribution in [0.3, 0.4) is 0 Å². The van der Waals surface area contributed by atoms with Gasteiger partial charge in [-0.25, -0.2) is 4.39 Å². The van der Waals surface area contributed by atoms with E-state index >= 15 is 0 Å². The summed E-state index contributed by atoms with van der Waals surface area (Å²) in [4.78, 5) is 2.15. The van der Waals surface area contributed by atoms with Crippen LogP contribution in [0, 0.1) is 5.82 Å². The Bertz CT molecular complexity index is 540. The SMILES string of the molecule is CCNCc1cc(F)ccc1N(C)Cc1ccccc1. The molecule has 0 heterocycles. The summed E-state index contributed by atoms with van der Waals surface area (Å²) in [7, 11) is 2.04. The molecular formula is C17H21FN2. The summed E-state index contributed by atoms with van der Waals surface area (Å²) in [5.41, 5.74) is 3.30. The monoisotopic (exact) mass is 272 g/mol. The van der Waals surface area contributed by atoms with E-state index in [-0.39, 0.29) is 5.82 Å². The van der Waals surface area contributed by atoms with Gasteiger partial charge >= 0.3 is 0 Å². The van der Waals surface area contributed by atoms with Crippen LogP contribution >= 0.6 is 0 Å². The van der Waals surface area contributed by atoms with Crippen molar-refractivity contribution in [1.29, 1.82) is 0 Å². The second-order valence-electron chi connectivity index (χ2n) is 4.90. The van der Waals surface area contributed by atoms with Gasteiger partial charge in [0.05, 0.1) is 0 Å². The maximum Gasteiger partial charge on any atom is 0.123 e. The smallest absolute Gasteiger partial charge is 0.123 e. The predicted molar refractivity (Wildman–Crippen MR) is 82.3 cm³/mol. The van der Waals surface area contributed by atoms with E-state index in [1.165, 1.54) is 11.6 Å². The predicted octanol–water partition coefficient (Wildman–Crippen LogP) is 3.57. The van der Waals surface area contributed by atoms with Crippen LogP contribution in [-0.2, 0) is 13.1 Å². The molecule has 0 spiro atoms. The summed E-state index contributed by atoms with van der Waals surface area (Å²) in [6.07, 6.45) is 0. The van der Waals surface area contributed by atoms with Crippen molar-refractivity contribution in [1.82, 2.24) is 5.32 Å². The highest BCUT2D eigenvalue weighted by Gasteiger charge is 2.09. The van der Waals surface area contributed by atoms with Crippen molar-refractivity contribution < 1.29 is 4.39 Å². The molecule has 2 aromatic carbocycles. The third-order valence-electron chi connectivity index (χ3n) is 3.28. The topological polar surface area (TPSA) is 15.3 Å². The lowest BCUT2D eigenvalue weighted by Gasteiger charge is -2.23. The van der Waals surface area contributed by atoms with E-state index in [4.69, 9.17) is 0 Å². The van der Waals surface area contributed by atoms with Crippen molar-refractivity contribution in [3.8, 4) is 0 Å². The van der Waals surface area contributed by atoms with Gasteiger partial charge in [-0.15, -0.1) is 0 Å². The zero-order valence-corrected chi connectivity index (χ0v) is 12.1. The van der Waals surface area contributed by atoms with Gasteiger partial charge in [0.2, 0.25) is 0 Å². The highest BCUT2D eigenvalue weighted by Crippen LogP contribution is 2.22. The van der Waals surface area contributed by atoms with Gasteiger partial charge < -0.3 is 10.2 Å². The fourth-order valence-electron chi connectivity index (χ4n) is 2.27. The summed E-state index contributed by atoms with van der Waals surface area (Å²) >= 11 is 0. The first-order valence-electron chi connectivity index (χ1n) is 6.95. The van der Waals surface area contributed by atoms with Gasteiger partial charge in [0.15, 0.2) is 0 Å². The van der Waals surface area contributed by atoms with Crippen LogP contribution in [0.15, 0.2) is 48.5 Å². The molecule has 0 atom stereocenters. The molecule has 0 aromatic heterocycles. The molecule has 2 aromatic rings. The molecule has 106 valence electrons. The minimum Gasteiger partial charge on any atom is -0.370 e. The van der Waals surface area contributed by atoms with Crippen LogP contribution in [0.4, 0.5) is 10.1 Å². The van der Waals surface area contributed by atoms with Gasteiger partial charge in [-0.2, -0.15) is 0 Å². The number of hydrogen-bond acceptors (Lipinski definition) is 2. The molecule has 0 unspecified atom stereocenters. The second-order valence-corrected chi connectivity index (χ2v) is 4.90. The second kappa shape index (κ2) is 7.06. The lowest BCUT2D eigenvalue weighted by molar-refractivity contribution is 0.621. The highest BCUT2D eigenvalue weighted by atomic mass is 19.1. The van der Waals surface area contributed by atoms with Crippen molar-refractivity contribution in [3.05, 3.63) is 65.5 Å². The summed E-state index contributed by atoms with van der Waals surface area (Å²) < 4.78 is 13.4. The molecule has 0 aliphatic carbocycles. The zero-order valence-electron chi connectivity index (χ0n) is 12.1. The number of nitrogens with one attached hydrogen (secondary N) is 1. The van der Waals surface area contributed by atoms with Crippen molar-refractivity contribution in [2.45, 2.75) is 20.0 Å². The van der Waals surface area contributed by atoms with Crippen LogP contribution in [0.2, 0.25) is 0 Å². The Hall–Kier alpha value is -1.87. The number of benzene rings is 2. The van der Waals surface area contributed by atoms with E-state index < -0.39 is 0 Å². The Labute approximate surface area is 120 Å². The Morgan fingerprint density at radius 3 is 2.55 bits per heavy atom. The van der Waals surface area contributed by atoms with E-state index in [0.29, 0.717) is 6.54 Å². The highest BCUT2D eigenvalue weighted by molar-refractivity contribution is 5.53. The molecule has 0 aliphatic rings. The molecule has 3 heteroatoms. The molecule has 0 aliphatic heterocycles. The Morgan fingerprint density at radius 1 is 1.10 bits per heavy atom. The Balaban J connectivity index is 2.18. The van der Waals surface area contributed by atoms with Crippen LogP contribution < -0.4 is 10.2 Å². The third-order valence-corrected chi connectivity index (χ3v) is 3.28. The van der Waals surface area contributed by atoms with Crippen LogP contribution in [0.5, 0.6) is 0 Å². The minimum atomic E-state index is -0.185. The molecule has 0 saturated carbocycles. The standard InChI is InChI=1S/C17H21FN2/c1-3-19-12-15-11-16(18)9-10-17(15)20(2)13-14-7-5-4-6-8-14/h4-11,19H,3,12-13H2,1-2H3. The van der Waals surface area contributed by atoms with Crippen LogP contribution in [0.25, 0.3) is 0 Å². The maximum absolute atomic E-state index is 13.4. The van der Waals surface area contributed by atoms with E-state index in [2.05, 4.69) is 22.3 Å². The largest absolute Gasteiger partial charge is 0.370 e. The molecular weight excluding hydrogens is 251 g/mol. The minimum absolute atomic E-state index is 0.185. The molecule has 0 bridgehead atoms. The Morgan fingerprint density at radius 2 is 1.85 bits per heavy atom. The maximum atomic E-state index is 13.4. The number of hydrogen-bond donors (Lipinski definition) is 1. The van der Waals surface area contributed by atoms with E-state index in [1.54, 1.807) is 6.07 Å². The summed E-state index contributed by atoms with van der Waals surface area (Å²) in [5.74, 6) is -0.185. The first-order valence-corrected chi connectivity index (χ1v) is 6.95. The van der Waals surface area contributed by atoms with Crippen molar-refractivity contribution >= 4 is 5.69 Å². The fraction of sp³-hybridized carbons (Fsp3) is 0.294. The quantitative estimate of drug-likeness (QED) is 0.865. The first kappa shape index (κ1) is 14.5.